The number of carboxylic acid groups (broad SMARTS) is 2. The molecule has 4 rings (SSSR count). The van der Waals surface area contributed by atoms with Crippen molar-refractivity contribution in [3.63, 3.8) is 0 Å². The standard InChI is InChI=1S/C16H22O6.C6H10O4/c17-15(9-1-3-11-13(7-9)21-11)19-5-6-20-16(18)10-2-4-12-14(8-10)22-12;7-5(8)3-1-2-4-6(9)10/h9-14H,1-8H2;1-4H2,(H,7,8)(H,9,10). The number of aliphatic carboxylic acids is 2. The number of ether oxygens (including phenoxy) is 4. The van der Waals surface area contributed by atoms with Crippen molar-refractivity contribution in [2.45, 2.75) is 88.6 Å². The zero-order chi connectivity index (χ0) is 23.1. The Morgan fingerprint density at radius 3 is 1.41 bits per heavy atom. The average Bonchev–Trinajstić information content (AvgIpc) is 3.67. The highest BCUT2D eigenvalue weighted by molar-refractivity contribution is 5.73. The summed E-state index contributed by atoms with van der Waals surface area (Å²) < 4.78 is 21.3. The summed E-state index contributed by atoms with van der Waals surface area (Å²) in [6, 6.07) is 0. The Hall–Kier alpha value is -2.20. The van der Waals surface area contributed by atoms with Crippen molar-refractivity contribution < 1.29 is 48.3 Å². The van der Waals surface area contributed by atoms with Gasteiger partial charge in [-0.05, 0) is 51.4 Å². The fourth-order valence-electron chi connectivity index (χ4n) is 4.31. The number of carboxylic acids is 2. The highest BCUT2D eigenvalue weighted by atomic mass is 16.6. The molecule has 32 heavy (non-hydrogen) atoms. The molecule has 6 unspecified atom stereocenters. The van der Waals surface area contributed by atoms with Crippen molar-refractivity contribution >= 4 is 23.9 Å². The molecule has 2 N–H and O–H groups in total. The number of carbonyl (C=O) groups is 4. The average molecular weight is 456 g/mol. The zero-order valence-corrected chi connectivity index (χ0v) is 18.1. The molecule has 4 fully saturated rings. The van der Waals surface area contributed by atoms with E-state index in [0.717, 1.165) is 38.5 Å². The van der Waals surface area contributed by atoms with Crippen LogP contribution in [-0.2, 0) is 38.1 Å². The lowest BCUT2D eigenvalue weighted by atomic mass is 9.89. The van der Waals surface area contributed by atoms with Crippen LogP contribution in [0.3, 0.4) is 0 Å². The van der Waals surface area contributed by atoms with Crippen molar-refractivity contribution in [2.24, 2.45) is 11.8 Å². The molecule has 10 nitrogen and oxygen atoms in total. The third-order valence-corrected chi connectivity index (χ3v) is 6.28. The number of hydrogen-bond acceptors (Lipinski definition) is 8. The summed E-state index contributed by atoms with van der Waals surface area (Å²) in [6.07, 6.45) is 7.44. The van der Waals surface area contributed by atoms with E-state index < -0.39 is 11.9 Å². The van der Waals surface area contributed by atoms with Gasteiger partial charge in [-0.15, -0.1) is 0 Å². The number of hydrogen-bond donors (Lipinski definition) is 2. The first-order chi connectivity index (χ1) is 15.3. The second-order valence-corrected chi connectivity index (χ2v) is 8.78. The SMILES string of the molecule is O=C(O)CCCCC(=O)O.O=C(OCCOC(=O)C1CCC2OC2C1)C1CCC2OC2C1. The minimum Gasteiger partial charge on any atom is -0.481 e. The minimum atomic E-state index is -0.870. The fraction of sp³-hybridized carbons (Fsp3) is 0.818. The summed E-state index contributed by atoms with van der Waals surface area (Å²) in [6.45, 7) is 0.288. The van der Waals surface area contributed by atoms with Gasteiger partial charge in [0, 0.05) is 12.8 Å². The summed E-state index contributed by atoms with van der Waals surface area (Å²) in [4.78, 5) is 43.6. The van der Waals surface area contributed by atoms with Crippen molar-refractivity contribution in [3.05, 3.63) is 0 Å². The van der Waals surface area contributed by atoms with E-state index in [-0.39, 0.29) is 62.0 Å². The molecule has 0 aromatic heterocycles. The molecule has 0 aromatic carbocycles. The molecule has 0 aromatic rings. The molecule has 0 amide bonds. The number of unbranched alkanes of at least 4 members (excludes halogenated alkanes) is 1. The van der Waals surface area contributed by atoms with E-state index in [1.807, 2.05) is 0 Å². The summed E-state index contributed by atoms with van der Waals surface area (Å²) in [5.41, 5.74) is 0. The van der Waals surface area contributed by atoms with E-state index in [1.165, 1.54) is 0 Å². The second-order valence-electron chi connectivity index (χ2n) is 8.78. The molecule has 10 heteroatoms. The van der Waals surface area contributed by atoms with Crippen LogP contribution in [0.15, 0.2) is 0 Å². The van der Waals surface area contributed by atoms with E-state index in [2.05, 4.69) is 0 Å². The van der Waals surface area contributed by atoms with Crippen LogP contribution in [-0.4, -0.2) is 71.7 Å². The van der Waals surface area contributed by atoms with E-state index in [4.69, 9.17) is 29.2 Å². The second kappa shape index (κ2) is 11.6. The van der Waals surface area contributed by atoms with Crippen LogP contribution < -0.4 is 0 Å². The molecule has 6 atom stereocenters. The van der Waals surface area contributed by atoms with Crippen molar-refractivity contribution in [1.82, 2.24) is 0 Å². The maximum absolute atomic E-state index is 11.9. The molecule has 180 valence electrons. The Morgan fingerprint density at radius 1 is 0.656 bits per heavy atom. The quantitative estimate of drug-likeness (QED) is 0.283. The van der Waals surface area contributed by atoms with Gasteiger partial charge < -0.3 is 29.2 Å². The Kier molecular flexibility index (Phi) is 8.86. The molecule has 2 saturated heterocycles. The Labute approximate surface area is 186 Å². The molecule has 0 radical (unpaired) electrons. The molecule has 2 saturated carbocycles. The van der Waals surface area contributed by atoms with E-state index in [0.29, 0.717) is 25.0 Å². The van der Waals surface area contributed by atoms with E-state index in [9.17, 15) is 19.2 Å². The van der Waals surface area contributed by atoms with Gasteiger partial charge in [-0.1, -0.05) is 0 Å². The van der Waals surface area contributed by atoms with Crippen LogP contribution >= 0.6 is 0 Å². The van der Waals surface area contributed by atoms with Crippen molar-refractivity contribution in [2.75, 3.05) is 13.2 Å². The highest BCUT2D eigenvalue weighted by Gasteiger charge is 2.47. The predicted octanol–water partition coefficient (Wildman–Crippen LogP) is 1.92. The molecule has 2 heterocycles. The molecular formula is C22H32O10. The highest BCUT2D eigenvalue weighted by Crippen LogP contribution is 2.40. The van der Waals surface area contributed by atoms with Crippen LogP contribution in [0.5, 0.6) is 0 Å². The van der Waals surface area contributed by atoms with Gasteiger partial charge in [0.05, 0.1) is 36.3 Å². The van der Waals surface area contributed by atoms with Gasteiger partial charge in [-0.25, -0.2) is 0 Å². The monoisotopic (exact) mass is 456 g/mol. The first-order valence-corrected chi connectivity index (χ1v) is 11.4. The number of epoxide rings is 2. The largest absolute Gasteiger partial charge is 0.481 e. The normalized spacial score (nSPS) is 31.6. The first-order valence-electron chi connectivity index (χ1n) is 11.4. The summed E-state index contributed by atoms with van der Waals surface area (Å²) in [5.74, 6) is -2.21. The van der Waals surface area contributed by atoms with Crippen LogP contribution in [0.25, 0.3) is 0 Å². The van der Waals surface area contributed by atoms with Crippen LogP contribution in [0.2, 0.25) is 0 Å². The first kappa shape index (κ1) is 24.4. The summed E-state index contributed by atoms with van der Waals surface area (Å²) >= 11 is 0. The van der Waals surface area contributed by atoms with Crippen LogP contribution in [0, 0.1) is 11.8 Å². The molecule has 0 bridgehead atoms. The lowest BCUT2D eigenvalue weighted by Gasteiger charge is -2.19. The molecular weight excluding hydrogens is 424 g/mol. The topological polar surface area (TPSA) is 152 Å². The zero-order valence-electron chi connectivity index (χ0n) is 18.1. The lowest BCUT2D eigenvalue weighted by molar-refractivity contribution is -0.158. The number of fused-ring (bicyclic) bond motifs is 2. The third-order valence-electron chi connectivity index (χ3n) is 6.28. The fourth-order valence-corrected chi connectivity index (χ4v) is 4.31. The van der Waals surface area contributed by atoms with Gasteiger partial charge >= 0.3 is 23.9 Å². The van der Waals surface area contributed by atoms with Crippen LogP contribution in [0.1, 0.15) is 64.2 Å². The predicted molar refractivity (Wildman–Crippen MR) is 108 cm³/mol. The maximum atomic E-state index is 11.9. The molecule has 2 aliphatic carbocycles. The van der Waals surface area contributed by atoms with Crippen molar-refractivity contribution in [3.8, 4) is 0 Å². The lowest BCUT2D eigenvalue weighted by Crippen LogP contribution is -2.27. The van der Waals surface area contributed by atoms with Gasteiger partial charge in [0.2, 0.25) is 0 Å². The third kappa shape index (κ3) is 8.05. The van der Waals surface area contributed by atoms with E-state index >= 15 is 0 Å². The summed E-state index contributed by atoms with van der Waals surface area (Å²) in [7, 11) is 0. The Bertz CT molecular complexity index is 634. The van der Waals surface area contributed by atoms with Gasteiger partial charge in [0.15, 0.2) is 0 Å². The van der Waals surface area contributed by atoms with Gasteiger partial charge in [-0.3, -0.25) is 19.2 Å². The van der Waals surface area contributed by atoms with Gasteiger partial charge in [0.25, 0.3) is 0 Å². The molecule has 0 spiro atoms. The number of rotatable bonds is 10. The smallest absolute Gasteiger partial charge is 0.309 e. The molecule has 4 aliphatic rings. The van der Waals surface area contributed by atoms with Crippen molar-refractivity contribution in [1.29, 1.82) is 0 Å². The maximum Gasteiger partial charge on any atom is 0.309 e. The van der Waals surface area contributed by atoms with Gasteiger partial charge in [-0.2, -0.15) is 0 Å². The van der Waals surface area contributed by atoms with Crippen LogP contribution in [0.4, 0.5) is 0 Å². The number of carbonyl (C=O) groups excluding carboxylic acids is 2. The summed E-state index contributed by atoms with van der Waals surface area (Å²) in [5, 5.41) is 16.3. The van der Waals surface area contributed by atoms with Gasteiger partial charge in [0.1, 0.15) is 13.2 Å². The Balaban J connectivity index is 0.000000247. The van der Waals surface area contributed by atoms with E-state index in [1.54, 1.807) is 0 Å². The molecule has 2 aliphatic heterocycles. The minimum absolute atomic E-state index is 0.0539. The Morgan fingerprint density at radius 2 is 1.06 bits per heavy atom. The number of esters is 2.